The standard InChI is InChI=1S/C25H21Cl2F3N4O2/c1-15-9-20(6-7-21(15)22(35)32-13-19-5-3-4-8-31-19)34-14-24(25(28,29)30,33(2)23(34)36)16-10-17(26)12-18(27)11-16/h3-12H,13-14H2,1-2H3,(H,32,35). The lowest BCUT2D eigenvalue weighted by Gasteiger charge is -2.37. The summed E-state index contributed by atoms with van der Waals surface area (Å²) in [5, 5.41) is 2.81. The maximum Gasteiger partial charge on any atom is 0.417 e. The Morgan fingerprint density at radius 2 is 1.81 bits per heavy atom. The van der Waals surface area contributed by atoms with E-state index in [1.807, 2.05) is 0 Å². The summed E-state index contributed by atoms with van der Waals surface area (Å²) in [7, 11) is 1.09. The molecule has 1 saturated heterocycles. The average Bonchev–Trinajstić information content (AvgIpc) is 3.09. The summed E-state index contributed by atoms with van der Waals surface area (Å²) in [5.41, 5.74) is -1.19. The molecule has 1 unspecified atom stereocenters. The van der Waals surface area contributed by atoms with E-state index in [4.69, 9.17) is 23.2 Å². The zero-order chi connectivity index (χ0) is 26.3. The first-order chi connectivity index (χ1) is 16.9. The Labute approximate surface area is 215 Å². The van der Waals surface area contributed by atoms with Crippen LogP contribution in [0.1, 0.15) is 27.2 Å². The van der Waals surface area contributed by atoms with Crippen molar-refractivity contribution in [1.29, 1.82) is 0 Å². The summed E-state index contributed by atoms with van der Waals surface area (Å²) in [6, 6.07) is 12.6. The number of alkyl halides is 3. The van der Waals surface area contributed by atoms with Gasteiger partial charge in [-0.3, -0.25) is 14.7 Å². The number of likely N-dealkylation sites (N-methyl/N-ethyl adjacent to an activating group) is 1. The summed E-state index contributed by atoms with van der Waals surface area (Å²) in [6.07, 6.45) is -3.22. The molecule has 36 heavy (non-hydrogen) atoms. The minimum atomic E-state index is -4.83. The highest BCUT2D eigenvalue weighted by molar-refractivity contribution is 6.34. The number of hydrogen-bond donors (Lipinski definition) is 1. The summed E-state index contributed by atoms with van der Waals surface area (Å²) >= 11 is 12.0. The zero-order valence-corrected chi connectivity index (χ0v) is 20.7. The average molecular weight is 537 g/mol. The predicted octanol–water partition coefficient (Wildman–Crippen LogP) is 5.96. The van der Waals surface area contributed by atoms with E-state index in [-0.39, 0.29) is 33.7 Å². The van der Waals surface area contributed by atoms with Crippen LogP contribution in [-0.2, 0) is 12.1 Å². The van der Waals surface area contributed by atoms with Crippen molar-refractivity contribution in [3.05, 3.63) is 93.2 Å². The molecule has 0 spiro atoms. The van der Waals surface area contributed by atoms with Gasteiger partial charge in [0.15, 0.2) is 5.54 Å². The summed E-state index contributed by atoms with van der Waals surface area (Å²) in [5.74, 6) is -0.368. The number of urea groups is 1. The molecule has 0 saturated carbocycles. The lowest BCUT2D eigenvalue weighted by molar-refractivity contribution is -0.214. The largest absolute Gasteiger partial charge is 0.417 e. The number of aryl methyl sites for hydroxylation is 1. The van der Waals surface area contributed by atoms with E-state index >= 15 is 0 Å². The summed E-state index contributed by atoms with van der Waals surface area (Å²) in [6.45, 7) is 1.15. The Bertz CT molecular complexity index is 1300. The van der Waals surface area contributed by atoms with Crippen LogP contribution < -0.4 is 10.2 Å². The van der Waals surface area contributed by atoms with Crippen molar-refractivity contribution >= 4 is 40.8 Å². The fraction of sp³-hybridized carbons (Fsp3) is 0.240. The molecule has 1 aliphatic rings. The molecule has 1 fully saturated rings. The van der Waals surface area contributed by atoms with Crippen LogP contribution in [0.4, 0.5) is 23.7 Å². The second-order valence-electron chi connectivity index (χ2n) is 8.45. The van der Waals surface area contributed by atoms with Crippen molar-refractivity contribution in [2.24, 2.45) is 0 Å². The van der Waals surface area contributed by atoms with Gasteiger partial charge >= 0.3 is 12.2 Å². The van der Waals surface area contributed by atoms with E-state index in [1.165, 1.54) is 24.3 Å². The molecule has 1 atom stereocenters. The quantitative estimate of drug-likeness (QED) is 0.437. The number of benzene rings is 2. The van der Waals surface area contributed by atoms with Gasteiger partial charge in [0.1, 0.15) is 0 Å². The number of halogens is 5. The van der Waals surface area contributed by atoms with Gasteiger partial charge < -0.3 is 10.2 Å². The Balaban J connectivity index is 1.64. The predicted molar refractivity (Wildman–Crippen MR) is 131 cm³/mol. The van der Waals surface area contributed by atoms with Gasteiger partial charge in [-0.25, -0.2) is 4.79 Å². The minimum Gasteiger partial charge on any atom is -0.346 e. The van der Waals surface area contributed by atoms with E-state index in [0.29, 0.717) is 21.7 Å². The number of carbonyl (C=O) groups is 2. The molecule has 6 nitrogen and oxygen atoms in total. The highest BCUT2D eigenvalue weighted by Crippen LogP contribution is 2.49. The van der Waals surface area contributed by atoms with Crippen LogP contribution in [0.2, 0.25) is 10.0 Å². The number of nitrogens with one attached hydrogen (secondary N) is 1. The number of aromatic nitrogens is 1. The Morgan fingerprint density at radius 1 is 1.11 bits per heavy atom. The second-order valence-corrected chi connectivity index (χ2v) is 9.32. The van der Waals surface area contributed by atoms with E-state index < -0.39 is 24.3 Å². The third-order valence-electron chi connectivity index (χ3n) is 6.21. The maximum atomic E-state index is 14.6. The van der Waals surface area contributed by atoms with E-state index in [2.05, 4.69) is 10.3 Å². The van der Waals surface area contributed by atoms with E-state index in [1.54, 1.807) is 31.3 Å². The van der Waals surface area contributed by atoms with Gasteiger partial charge in [-0.15, -0.1) is 0 Å². The Hall–Kier alpha value is -3.30. The van der Waals surface area contributed by atoms with Gasteiger partial charge in [0.25, 0.3) is 5.91 Å². The molecule has 0 bridgehead atoms. The topological polar surface area (TPSA) is 65.5 Å². The summed E-state index contributed by atoms with van der Waals surface area (Å²) < 4.78 is 43.8. The Morgan fingerprint density at radius 3 is 2.39 bits per heavy atom. The minimum absolute atomic E-state index is 0.0253. The molecule has 1 aromatic heterocycles. The molecule has 2 heterocycles. The third kappa shape index (κ3) is 4.60. The summed E-state index contributed by atoms with van der Waals surface area (Å²) in [4.78, 5) is 31.6. The number of amides is 3. The Kier molecular flexibility index (Phi) is 6.90. The smallest absolute Gasteiger partial charge is 0.346 e. The van der Waals surface area contributed by atoms with Crippen LogP contribution >= 0.6 is 23.2 Å². The monoisotopic (exact) mass is 536 g/mol. The number of anilines is 1. The van der Waals surface area contributed by atoms with Gasteiger partial charge in [0, 0.05) is 34.5 Å². The molecule has 3 aromatic rings. The molecule has 11 heteroatoms. The van der Waals surface area contributed by atoms with Crippen molar-refractivity contribution in [2.45, 2.75) is 25.2 Å². The van der Waals surface area contributed by atoms with Crippen LogP contribution in [0.25, 0.3) is 0 Å². The number of rotatable bonds is 5. The molecule has 2 aromatic carbocycles. The normalized spacial score (nSPS) is 18.0. The maximum absolute atomic E-state index is 14.6. The first-order valence-corrected chi connectivity index (χ1v) is 11.6. The van der Waals surface area contributed by atoms with E-state index in [9.17, 15) is 22.8 Å². The fourth-order valence-corrected chi connectivity index (χ4v) is 4.83. The first kappa shape index (κ1) is 25.8. The number of carbonyl (C=O) groups excluding carboxylic acids is 2. The van der Waals surface area contributed by atoms with E-state index in [0.717, 1.165) is 24.1 Å². The molecular weight excluding hydrogens is 516 g/mol. The third-order valence-corrected chi connectivity index (χ3v) is 6.65. The lowest BCUT2D eigenvalue weighted by Crippen LogP contribution is -2.53. The van der Waals surface area contributed by atoms with Gasteiger partial charge in [0.05, 0.1) is 18.8 Å². The SMILES string of the molecule is Cc1cc(N2CC(c3cc(Cl)cc(Cl)c3)(C(F)(F)F)N(C)C2=O)ccc1C(=O)NCc1ccccn1. The molecule has 4 rings (SSSR count). The van der Waals surface area contributed by atoms with Gasteiger partial charge in [-0.05, 0) is 66.6 Å². The molecule has 1 aliphatic heterocycles. The first-order valence-electron chi connectivity index (χ1n) is 10.8. The highest BCUT2D eigenvalue weighted by atomic mass is 35.5. The number of hydrogen-bond acceptors (Lipinski definition) is 3. The van der Waals surface area contributed by atoms with Crippen LogP contribution in [0.15, 0.2) is 60.8 Å². The molecule has 0 radical (unpaired) electrons. The van der Waals surface area contributed by atoms with Crippen molar-refractivity contribution in [3.8, 4) is 0 Å². The van der Waals surface area contributed by atoms with Crippen LogP contribution in [0.3, 0.4) is 0 Å². The van der Waals surface area contributed by atoms with Crippen molar-refractivity contribution in [1.82, 2.24) is 15.2 Å². The van der Waals surface area contributed by atoms with Crippen molar-refractivity contribution in [3.63, 3.8) is 0 Å². The lowest BCUT2D eigenvalue weighted by atomic mass is 9.88. The van der Waals surface area contributed by atoms with Gasteiger partial charge in [-0.2, -0.15) is 13.2 Å². The molecule has 3 amide bonds. The molecule has 188 valence electrons. The van der Waals surface area contributed by atoms with Crippen molar-refractivity contribution < 1.29 is 22.8 Å². The van der Waals surface area contributed by atoms with Crippen LogP contribution in [0, 0.1) is 6.92 Å². The zero-order valence-electron chi connectivity index (χ0n) is 19.2. The number of nitrogens with zero attached hydrogens (tertiary/aromatic N) is 3. The van der Waals surface area contributed by atoms with Crippen LogP contribution in [-0.4, -0.2) is 41.6 Å². The molecule has 1 N–H and O–H groups in total. The second kappa shape index (κ2) is 9.63. The fourth-order valence-electron chi connectivity index (χ4n) is 4.31. The van der Waals surface area contributed by atoms with Crippen molar-refractivity contribution in [2.75, 3.05) is 18.5 Å². The van der Waals surface area contributed by atoms with Crippen LogP contribution in [0.5, 0.6) is 0 Å². The van der Waals surface area contributed by atoms with Gasteiger partial charge in [-0.1, -0.05) is 29.3 Å². The number of pyridine rings is 1. The highest BCUT2D eigenvalue weighted by Gasteiger charge is 2.65. The molecular formula is C25H21Cl2F3N4O2. The molecule has 0 aliphatic carbocycles. The van der Waals surface area contributed by atoms with Gasteiger partial charge in [0.2, 0.25) is 0 Å².